The normalized spacial score (nSPS) is 32.5. The number of benzene rings is 2. The second-order valence-corrected chi connectivity index (χ2v) is 11.3. The van der Waals surface area contributed by atoms with Gasteiger partial charge in [-0.05, 0) is 71.4 Å². The van der Waals surface area contributed by atoms with Crippen LogP contribution in [-0.4, -0.2) is 35.8 Å². The number of hydrogen-bond donors (Lipinski definition) is 2. The van der Waals surface area contributed by atoms with Crippen LogP contribution in [0.3, 0.4) is 0 Å². The fourth-order valence-electron chi connectivity index (χ4n) is 7.05. The van der Waals surface area contributed by atoms with Crippen molar-refractivity contribution in [2.45, 2.75) is 25.7 Å². The number of carbonyl (C=O) groups excluding carboxylic acids is 4. The molecule has 3 fully saturated rings. The highest BCUT2D eigenvalue weighted by molar-refractivity contribution is 9.10. The van der Waals surface area contributed by atoms with Gasteiger partial charge in [0, 0.05) is 5.92 Å². The van der Waals surface area contributed by atoms with E-state index in [4.69, 9.17) is 4.74 Å². The molecule has 2 aromatic rings. The van der Waals surface area contributed by atoms with Crippen LogP contribution in [0.1, 0.15) is 31.2 Å². The summed E-state index contributed by atoms with van der Waals surface area (Å²) in [5, 5.41) is 12.9. The highest BCUT2D eigenvalue weighted by atomic mass is 79.9. The van der Waals surface area contributed by atoms with Crippen molar-refractivity contribution in [1.29, 1.82) is 0 Å². The zero-order valence-electron chi connectivity index (χ0n) is 20.2. The summed E-state index contributed by atoms with van der Waals surface area (Å²) < 4.78 is 5.80. The van der Waals surface area contributed by atoms with Crippen molar-refractivity contribution in [2.75, 3.05) is 12.0 Å². The van der Waals surface area contributed by atoms with Gasteiger partial charge in [-0.3, -0.25) is 24.5 Å². The predicted octanol–water partition coefficient (Wildman–Crippen LogP) is 3.68. The number of phenols is 1. The van der Waals surface area contributed by atoms with E-state index in [2.05, 4.69) is 21.2 Å². The van der Waals surface area contributed by atoms with Gasteiger partial charge in [0.05, 0.1) is 40.4 Å². The Hall–Kier alpha value is -3.46. The minimum absolute atomic E-state index is 0.0708. The number of anilines is 1. The van der Waals surface area contributed by atoms with Crippen LogP contribution in [0.5, 0.6) is 11.5 Å². The molecule has 9 heteroatoms. The maximum absolute atomic E-state index is 14.2. The van der Waals surface area contributed by atoms with Crippen molar-refractivity contribution in [3.63, 3.8) is 0 Å². The number of carbonyl (C=O) groups is 4. The largest absolute Gasteiger partial charge is 0.503 e. The van der Waals surface area contributed by atoms with E-state index in [0.29, 0.717) is 28.6 Å². The number of methoxy groups -OCH3 is 1. The molecule has 0 aromatic heterocycles. The SMILES string of the molecule is COc1cc(C2C3=CCC4C(=O)NC(=O)C4C3CC3C(=O)N(c4ccccc4)C(=O)C32C)cc(Br)c1O. The Morgan fingerprint density at radius 3 is 2.51 bits per heavy atom. The first kappa shape index (κ1) is 23.9. The van der Waals surface area contributed by atoms with Gasteiger partial charge in [0.1, 0.15) is 0 Å². The molecule has 6 unspecified atom stereocenters. The van der Waals surface area contributed by atoms with Gasteiger partial charge >= 0.3 is 0 Å². The monoisotopic (exact) mass is 564 g/mol. The fraction of sp³-hybridized carbons (Fsp3) is 0.357. The third kappa shape index (κ3) is 3.19. The summed E-state index contributed by atoms with van der Waals surface area (Å²) in [6.45, 7) is 1.82. The van der Waals surface area contributed by atoms with E-state index in [-0.39, 0.29) is 41.0 Å². The lowest BCUT2D eigenvalue weighted by atomic mass is 9.51. The lowest BCUT2D eigenvalue weighted by molar-refractivity contribution is -0.131. The Morgan fingerprint density at radius 2 is 1.81 bits per heavy atom. The maximum Gasteiger partial charge on any atom is 0.241 e. The van der Waals surface area contributed by atoms with Crippen LogP contribution >= 0.6 is 15.9 Å². The standard InChI is InChI=1S/C28H25BrN2O6/c1-28-18(26(35)31(27(28)36)14-6-4-3-5-7-14)12-17-15(8-9-16-21(17)25(34)30-24(16)33)22(28)13-10-19(29)23(32)20(11-13)37-2/h3-8,10-11,16-18,21-22,32H,9,12H2,1-2H3,(H,30,33,34). The average Bonchev–Trinajstić information content (AvgIpc) is 3.28. The second kappa shape index (κ2) is 8.28. The molecule has 0 radical (unpaired) electrons. The minimum atomic E-state index is -1.15. The predicted molar refractivity (Wildman–Crippen MR) is 137 cm³/mol. The third-order valence-corrected chi connectivity index (χ3v) is 9.34. The zero-order chi connectivity index (χ0) is 26.2. The van der Waals surface area contributed by atoms with Crippen LogP contribution in [0.4, 0.5) is 5.69 Å². The molecule has 2 aromatic carbocycles. The van der Waals surface area contributed by atoms with Crippen molar-refractivity contribution in [2.24, 2.45) is 29.1 Å². The Labute approximate surface area is 221 Å². The van der Waals surface area contributed by atoms with Crippen LogP contribution in [0.25, 0.3) is 0 Å². The molecular weight excluding hydrogens is 540 g/mol. The zero-order valence-corrected chi connectivity index (χ0v) is 21.8. The number of nitrogens with one attached hydrogen (secondary N) is 1. The minimum Gasteiger partial charge on any atom is -0.503 e. The average molecular weight is 565 g/mol. The van der Waals surface area contributed by atoms with Crippen LogP contribution in [0.2, 0.25) is 0 Å². The number of hydrogen-bond acceptors (Lipinski definition) is 6. The van der Waals surface area contributed by atoms with Crippen molar-refractivity contribution in [3.8, 4) is 11.5 Å². The summed E-state index contributed by atoms with van der Waals surface area (Å²) in [4.78, 5) is 54.9. The van der Waals surface area contributed by atoms with Gasteiger partial charge in [0.25, 0.3) is 0 Å². The van der Waals surface area contributed by atoms with Crippen molar-refractivity contribution >= 4 is 45.2 Å². The molecule has 0 spiro atoms. The summed E-state index contributed by atoms with van der Waals surface area (Å²) in [5.74, 6) is -3.79. The fourth-order valence-corrected chi connectivity index (χ4v) is 7.51. The quantitative estimate of drug-likeness (QED) is 0.434. The van der Waals surface area contributed by atoms with Gasteiger partial charge in [0.2, 0.25) is 23.6 Å². The second-order valence-electron chi connectivity index (χ2n) is 10.4. The number of nitrogens with zero attached hydrogens (tertiary/aromatic N) is 1. The molecule has 2 heterocycles. The number of imide groups is 2. The number of fused-ring (bicyclic) bond motifs is 4. The van der Waals surface area contributed by atoms with E-state index in [9.17, 15) is 24.3 Å². The summed E-state index contributed by atoms with van der Waals surface area (Å²) in [5.41, 5.74) is 0.910. The molecule has 2 saturated heterocycles. The summed E-state index contributed by atoms with van der Waals surface area (Å²) in [6, 6.07) is 12.3. The lowest BCUT2D eigenvalue weighted by Crippen LogP contribution is -2.48. The van der Waals surface area contributed by atoms with Gasteiger partial charge in [0.15, 0.2) is 11.5 Å². The highest BCUT2D eigenvalue weighted by Gasteiger charge is 2.67. The van der Waals surface area contributed by atoms with Gasteiger partial charge < -0.3 is 9.84 Å². The molecule has 1 saturated carbocycles. The number of rotatable bonds is 3. The molecule has 4 aliphatic rings. The summed E-state index contributed by atoms with van der Waals surface area (Å²) in [6.07, 6.45) is 2.66. The lowest BCUT2D eigenvalue weighted by Gasteiger charge is -2.49. The Morgan fingerprint density at radius 1 is 1.08 bits per heavy atom. The molecule has 6 rings (SSSR count). The first-order chi connectivity index (χ1) is 17.7. The van der Waals surface area contributed by atoms with E-state index in [1.807, 2.05) is 19.1 Å². The molecular formula is C28H25BrN2O6. The number of halogens is 1. The smallest absolute Gasteiger partial charge is 0.241 e. The molecule has 4 amide bonds. The van der Waals surface area contributed by atoms with Crippen molar-refractivity contribution in [1.82, 2.24) is 5.32 Å². The molecule has 8 nitrogen and oxygen atoms in total. The summed E-state index contributed by atoms with van der Waals surface area (Å²) in [7, 11) is 1.44. The van der Waals surface area contributed by atoms with E-state index in [1.54, 1.807) is 36.4 Å². The maximum atomic E-state index is 14.2. The molecule has 6 atom stereocenters. The number of amides is 4. The van der Waals surface area contributed by atoms with Gasteiger partial charge in [-0.1, -0.05) is 29.8 Å². The molecule has 0 bridgehead atoms. The van der Waals surface area contributed by atoms with Crippen molar-refractivity contribution < 1.29 is 29.0 Å². The van der Waals surface area contributed by atoms with Gasteiger partial charge in [-0.2, -0.15) is 0 Å². The third-order valence-electron chi connectivity index (χ3n) is 8.74. The number of phenolic OH excluding ortho intramolecular Hbond substituents is 1. The first-order valence-electron chi connectivity index (χ1n) is 12.2. The Bertz CT molecular complexity index is 1400. The van der Waals surface area contributed by atoms with Gasteiger partial charge in [-0.15, -0.1) is 0 Å². The molecule has 2 N–H and O–H groups in total. The number of allylic oxidation sites excluding steroid dienone is 2. The van der Waals surface area contributed by atoms with Crippen LogP contribution in [-0.2, 0) is 19.2 Å². The molecule has 37 heavy (non-hydrogen) atoms. The molecule has 2 aliphatic carbocycles. The van der Waals surface area contributed by atoms with E-state index in [0.717, 1.165) is 5.57 Å². The van der Waals surface area contributed by atoms with Crippen LogP contribution in [0.15, 0.2) is 58.6 Å². The number of aromatic hydroxyl groups is 1. The van der Waals surface area contributed by atoms with Gasteiger partial charge in [-0.25, -0.2) is 4.90 Å². The molecule has 190 valence electrons. The molecule has 2 aliphatic heterocycles. The highest BCUT2D eigenvalue weighted by Crippen LogP contribution is 2.63. The Balaban J connectivity index is 1.57. The van der Waals surface area contributed by atoms with Crippen LogP contribution in [0, 0.1) is 29.1 Å². The van der Waals surface area contributed by atoms with E-state index in [1.165, 1.54) is 12.0 Å². The van der Waals surface area contributed by atoms with Crippen molar-refractivity contribution in [3.05, 3.63) is 64.1 Å². The summed E-state index contributed by atoms with van der Waals surface area (Å²) >= 11 is 3.40. The van der Waals surface area contributed by atoms with E-state index < -0.39 is 29.1 Å². The Kier molecular flexibility index (Phi) is 5.35. The van der Waals surface area contributed by atoms with E-state index >= 15 is 0 Å². The first-order valence-corrected chi connectivity index (χ1v) is 13.0. The number of ether oxygens (including phenoxy) is 1. The topological polar surface area (TPSA) is 113 Å². The number of para-hydroxylation sites is 1. The van der Waals surface area contributed by atoms with Crippen LogP contribution < -0.4 is 15.0 Å².